The molecule has 1 saturated heterocycles. The molecule has 2 heteroatoms. The van der Waals surface area contributed by atoms with Gasteiger partial charge in [-0.1, -0.05) is 43.4 Å². The van der Waals surface area contributed by atoms with Crippen molar-refractivity contribution in [2.75, 3.05) is 11.9 Å². The van der Waals surface area contributed by atoms with Gasteiger partial charge < -0.3 is 10.1 Å². The van der Waals surface area contributed by atoms with Gasteiger partial charge in [-0.15, -0.1) is 0 Å². The molecule has 2 nitrogen and oxygen atoms in total. The van der Waals surface area contributed by atoms with Crippen molar-refractivity contribution in [3.05, 3.63) is 53.6 Å². The molecule has 0 aromatic heterocycles. The highest BCUT2D eigenvalue weighted by atomic mass is 16.5. The van der Waals surface area contributed by atoms with Crippen LogP contribution in [0, 0.1) is 11.8 Å². The van der Waals surface area contributed by atoms with Crippen LogP contribution in [-0.4, -0.2) is 12.6 Å². The molecule has 1 aromatic carbocycles. The molecule has 2 aliphatic heterocycles. The maximum atomic E-state index is 6.25. The molecule has 0 radical (unpaired) electrons. The molecule has 1 N–H and O–H groups in total. The Kier molecular flexibility index (Phi) is 3.79. The van der Waals surface area contributed by atoms with E-state index in [4.69, 9.17) is 4.74 Å². The minimum atomic E-state index is 0.279. The maximum Gasteiger partial charge on any atom is 0.0892 e. The number of nitrogens with one attached hydrogen (secondary N) is 1. The van der Waals surface area contributed by atoms with Crippen molar-refractivity contribution < 1.29 is 4.74 Å². The highest BCUT2D eigenvalue weighted by molar-refractivity contribution is 5.57. The lowest BCUT2D eigenvalue weighted by molar-refractivity contribution is -0.0418. The van der Waals surface area contributed by atoms with Crippen LogP contribution in [0.3, 0.4) is 0 Å². The lowest BCUT2D eigenvalue weighted by Gasteiger charge is -2.45. The van der Waals surface area contributed by atoms with Crippen molar-refractivity contribution >= 4 is 5.69 Å². The maximum absolute atomic E-state index is 6.25. The first-order valence-corrected chi connectivity index (χ1v) is 8.71. The van der Waals surface area contributed by atoms with E-state index in [9.17, 15) is 0 Å². The fraction of sp³-hybridized carbons (Fsp3) is 0.500. The Bertz CT molecular complexity index is 604. The van der Waals surface area contributed by atoms with Gasteiger partial charge in [0.2, 0.25) is 0 Å². The number of anilines is 1. The van der Waals surface area contributed by atoms with Gasteiger partial charge in [0.05, 0.1) is 6.10 Å². The molecular formula is C20H25NO. The predicted octanol–water partition coefficient (Wildman–Crippen LogP) is 4.64. The van der Waals surface area contributed by atoms with Crippen LogP contribution in [0.5, 0.6) is 0 Å². The van der Waals surface area contributed by atoms with Gasteiger partial charge in [-0.25, -0.2) is 0 Å². The van der Waals surface area contributed by atoms with Crippen LogP contribution in [-0.2, 0) is 11.2 Å². The summed E-state index contributed by atoms with van der Waals surface area (Å²) in [5.41, 5.74) is 4.08. The molecular weight excluding hydrogens is 270 g/mol. The average Bonchev–Trinajstić information content (AvgIpc) is 2.61. The summed E-state index contributed by atoms with van der Waals surface area (Å²) in [5.74, 6) is 1.17. The molecule has 2 heterocycles. The van der Waals surface area contributed by atoms with Crippen molar-refractivity contribution in [3.8, 4) is 0 Å². The summed E-state index contributed by atoms with van der Waals surface area (Å²) in [7, 11) is 0. The van der Waals surface area contributed by atoms with Crippen LogP contribution < -0.4 is 5.32 Å². The standard InChI is InChI=1S/C20H25NO/c1-2-14-10-11-18-17(13-14)20-16(9-6-12-22-20)19(21-18)15-7-4-3-5-8-15/h3-5,7,10-11,13,15-16,19-21H,2,6,8-9,12H2,1H3/t15?,16-,19-,20-/m0/s1. The fourth-order valence-corrected chi connectivity index (χ4v) is 4.27. The summed E-state index contributed by atoms with van der Waals surface area (Å²) in [6.45, 7) is 3.13. The molecule has 1 unspecified atom stereocenters. The van der Waals surface area contributed by atoms with Gasteiger partial charge >= 0.3 is 0 Å². The molecule has 116 valence electrons. The Morgan fingerprint density at radius 2 is 2.23 bits per heavy atom. The number of rotatable bonds is 2. The predicted molar refractivity (Wildman–Crippen MR) is 91.0 cm³/mol. The van der Waals surface area contributed by atoms with Gasteiger partial charge in [0.1, 0.15) is 0 Å². The second-order valence-electron chi connectivity index (χ2n) is 6.76. The number of benzene rings is 1. The van der Waals surface area contributed by atoms with E-state index in [1.807, 2.05) is 0 Å². The highest BCUT2D eigenvalue weighted by Crippen LogP contribution is 2.46. The monoisotopic (exact) mass is 295 g/mol. The molecule has 0 spiro atoms. The topological polar surface area (TPSA) is 21.3 Å². The zero-order chi connectivity index (χ0) is 14.9. The molecule has 0 bridgehead atoms. The first-order chi connectivity index (χ1) is 10.9. The van der Waals surface area contributed by atoms with Gasteiger partial charge in [-0.2, -0.15) is 0 Å². The molecule has 1 aliphatic carbocycles. The van der Waals surface area contributed by atoms with Crippen LogP contribution in [0.15, 0.2) is 42.5 Å². The van der Waals surface area contributed by atoms with Crippen molar-refractivity contribution in [2.45, 2.75) is 44.8 Å². The van der Waals surface area contributed by atoms with E-state index in [2.05, 4.69) is 54.7 Å². The quantitative estimate of drug-likeness (QED) is 0.858. The minimum absolute atomic E-state index is 0.279. The Labute approximate surface area is 133 Å². The van der Waals surface area contributed by atoms with Crippen molar-refractivity contribution in [1.82, 2.24) is 0 Å². The van der Waals surface area contributed by atoms with E-state index < -0.39 is 0 Å². The normalized spacial score (nSPS) is 33.0. The van der Waals surface area contributed by atoms with Gasteiger partial charge in [0.25, 0.3) is 0 Å². The van der Waals surface area contributed by atoms with E-state index in [1.54, 1.807) is 0 Å². The zero-order valence-electron chi connectivity index (χ0n) is 13.3. The third kappa shape index (κ3) is 2.40. The highest BCUT2D eigenvalue weighted by Gasteiger charge is 2.41. The molecule has 4 rings (SSSR count). The van der Waals surface area contributed by atoms with Crippen LogP contribution >= 0.6 is 0 Å². The molecule has 1 aromatic rings. The summed E-state index contributed by atoms with van der Waals surface area (Å²) >= 11 is 0. The van der Waals surface area contributed by atoms with E-state index in [1.165, 1.54) is 29.7 Å². The SMILES string of the molecule is CCc1ccc2c(c1)[C@H]1OCCC[C@H]1[C@H](C1C=CC=CC1)N2. The minimum Gasteiger partial charge on any atom is -0.381 e. The second-order valence-corrected chi connectivity index (χ2v) is 6.76. The summed E-state index contributed by atoms with van der Waals surface area (Å²) in [5, 5.41) is 3.85. The molecule has 4 atom stereocenters. The van der Waals surface area contributed by atoms with Crippen molar-refractivity contribution in [3.63, 3.8) is 0 Å². The summed E-state index contributed by atoms with van der Waals surface area (Å²) in [6.07, 6.45) is 14.0. The Balaban J connectivity index is 1.70. The van der Waals surface area contributed by atoms with Crippen LogP contribution in [0.1, 0.15) is 43.4 Å². The number of aryl methyl sites for hydroxylation is 1. The van der Waals surface area contributed by atoms with E-state index >= 15 is 0 Å². The Morgan fingerprint density at radius 3 is 3.05 bits per heavy atom. The summed E-state index contributed by atoms with van der Waals surface area (Å²) in [6, 6.07) is 7.37. The number of ether oxygens (including phenoxy) is 1. The number of allylic oxidation sites excluding steroid dienone is 3. The molecule has 0 amide bonds. The van der Waals surface area contributed by atoms with E-state index in [0.29, 0.717) is 17.9 Å². The van der Waals surface area contributed by atoms with Gasteiger partial charge in [0.15, 0.2) is 0 Å². The molecule has 1 fully saturated rings. The Hall–Kier alpha value is -1.54. The van der Waals surface area contributed by atoms with Gasteiger partial charge in [-0.3, -0.25) is 0 Å². The van der Waals surface area contributed by atoms with Crippen molar-refractivity contribution in [2.24, 2.45) is 11.8 Å². The zero-order valence-corrected chi connectivity index (χ0v) is 13.3. The number of fused-ring (bicyclic) bond motifs is 3. The van der Waals surface area contributed by atoms with Crippen molar-refractivity contribution in [1.29, 1.82) is 0 Å². The van der Waals surface area contributed by atoms with Gasteiger partial charge in [0, 0.05) is 35.7 Å². The number of hydrogen-bond donors (Lipinski definition) is 1. The third-order valence-electron chi connectivity index (χ3n) is 5.46. The number of hydrogen-bond acceptors (Lipinski definition) is 2. The van der Waals surface area contributed by atoms with Crippen LogP contribution in [0.25, 0.3) is 0 Å². The van der Waals surface area contributed by atoms with E-state index in [0.717, 1.165) is 19.4 Å². The largest absolute Gasteiger partial charge is 0.381 e. The summed E-state index contributed by atoms with van der Waals surface area (Å²) in [4.78, 5) is 0. The lowest BCUT2D eigenvalue weighted by Crippen LogP contribution is -2.45. The smallest absolute Gasteiger partial charge is 0.0892 e. The summed E-state index contributed by atoms with van der Waals surface area (Å²) < 4.78 is 6.25. The average molecular weight is 295 g/mol. The van der Waals surface area contributed by atoms with Gasteiger partial charge in [-0.05, 0) is 37.3 Å². The fourth-order valence-electron chi connectivity index (χ4n) is 4.27. The first kappa shape index (κ1) is 14.1. The first-order valence-electron chi connectivity index (χ1n) is 8.71. The van der Waals surface area contributed by atoms with E-state index in [-0.39, 0.29) is 6.10 Å². The molecule has 3 aliphatic rings. The third-order valence-corrected chi connectivity index (χ3v) is 5.46. The van der Waals surface area contributed by atoms with Crippen LogP contribution in [0.4, 0.5) is 5.69 Å². The van der Waals surface area contributed by atoms with Crippen LogP contribution in [0.2, 0.25) is 0 Å². The second kappa shape index (κ2) is 5.92. The molecule has 0 saturated carbocycles. The lowest BCUT2D eigenvalue weighted by atomic mass is 9.73. The Morgan fingerprint density at radius 1 is 1.27 bits per heavy atom. The molecule has 22 heavy (non-hydrogen) atoms.